The summed E-state index contributed by atoms with van der Waals surface area (Å²) in [5, 5.41) is 0. The van der Waals surface area contributed by atoms with Crippen molar-refractivity contribution in [2.45, 2.75) is 13.8 Å². The van der Waals surface area contributed by atoms with Crippen molar-refractivity contribution in [2.75, 3.05) is 0 Å². The SMILES string of the molecule is [CH2-]/C(C)=C/C.[W+2]. The standard InChI is InChI=1S/C5H9.W/c1-4-5(2)3;/h4H,2H2,1,3H3;/q-1;+2/b5-4-;. The van der Waals surface area contributed by atoms with Crippen LogP contribution in [0.5, 0.6) is 0 Å². The summed E-state index contributed by atoms with van der Waals surface area (Å²) >= 11 is 0. The van der Waals surface area contributed by atoms with Gasteiger partial charge in [0.25, 0.3) is 0 Å². The Labute approximate surface area is 53.9 Å². The van der Waals surface area contributed by atoms with Crippen molar-refractivity contribution in [1.82, 2.24) is 0 Å². The average molecular weight is 253 g/mol. The summed E-state index contributed by atoms with van der Waals surface area (Å²) < 4.78 is 0. The fraction of sp³-hybridized carbons (Fsp3) is 0.400. The van der Waals surface area contributed by atoms with E-state index < -0.39 is 0 Å². The molecule has 0 saturated carbocycles. The van der Waals surface area contributed by atoms with Crippen molar-refractivity contribution >= 4 is 0 Å². The molecule has 0 saturated heterocycles. The predicted molar refractivity (Wildman–Crippen MR) is 24.8 cm³/mol. The Bertz CT molecular complexity index is 41.9. The van der Waals surface area contributed by atoms with Crippen LogP contribution in [0, 0.1) is 6.92 Å². The Hall–Kier alpha value is 0.298. The van der Waals surface area contributed by atoms with E-state index in [1.54, 1.807) is 0 Å². The van der Waals surface area contributed by atoms with Crippen molar-refractivity contribution in [1.29, 1.82) is 0 Å². The van der Waals surface area contributed by atoms with Gasteiger partial charge in [-0.05, 0) is 0 Å². The van der Waals surface area contributed by atoms with E-state index in [1.165, 1.54) is 0 Å². The Balaban J connectivity index is 0. The van der Waals surface area contributed by atoms with Gasteiger partial charge in [0, 0.05) is 0 Å². The molecule has 6 heavy (non-hydrogen) atoms. The molecule has 0 spiro atoms. The molecule has 0 aliphatic heterocycles. The summed E-state index contributed by atoms with van der Waals surface area (Å²) in [5.74, 6) is 0. The third kappa shape index (κ3) is 8.85. The second-order valence-electron chi connectivity index (χ2n) is 1.14. The summed E-state index contributed by atoms with van der Waals surface area (Å²) in [6, 6.07) is 0. The molecular formula is C5H9W+. The van der Waals surface area contributed by atoms with Gasteiger partial charge in [-0.25, -0.2) is 18.6 Å². The summed E-state index contributed by atoms with van der Waals surface area (Å²) in [6.45, 7) is 7.56. The number of rotatable bonds is 0. The number of hydrogen-bond acceptors (Lipinski definition) is 0. The fourth-order valence-electron chi connectivity index (χ4n) is 0. The van der Waals surface area contributed by atoms with Crippen LogP contribution in [0.4, 0.5) is 0 Å². The fourth-order valence-corrected chi connectivity index (χ4v) is 0. The molecule has 0 N–H and O–H groups in total. The van der Waals surface area contributed by atoms with Crippen LogP contribution >= 0.6 is 0 Å². The van der Waals surface area contributed by atoms with E-state index in [2.05, 4.69) is 6.92 Å². The molecule has 0 aliphatic carbocycles. The summed E-state index contributed by atoms with van der Waals surface area (Å²) in [6.07, 6.45) is 1.97. The molecule has 0 unspecified atom stereocenters. The molecule has 0 aromatic carbocycles. The minimum absolute atomic E-state index is 0. The maximum atomic E-state index is 3.62. The largest absolute Gasteiger partial charge is 2.00 e. The molecule has 0 fully saturated rings. The van der Waals surface area contributed by atoms with E-state index in [9.17, 15) is 0 Å². The zero-order chi connectivity index (χ0) is 4.28. The Morgan fingerprint density at radius 3 is 1.83 bits per heavy atom. The minimum atomic E-state index is 0. The molecule has 0 aromatic rings. The van der Waals surface area contributed by atoms with Crippen molar-refractivity contribution in [3.8, 4) is 0 Å². The normalized spacial score (nSPS) is 10.0. The van der Waals surface area contributed by atoms with Gasteiger partial charge in [0.2, 0.25) is 0 Å². The quantitative estimate of drug-likeness (QED) is 0.577. The molecule has 0 atom stereocenters. The molecule has 0 heterocycles. The van der Waals surface area contributed by atoms with Crippen LogP contribution in [0.3, 0.4) is 0 Å². The van der Waals surface area contributed by atoms with Gasteiger partial charge in [-0.2, -0.15) is 0 Å². The smallest absolute Gasteiger partial charge is 0.242 e. The molecule has 34 valence electrons. The van der Waals surface area contributed by atoms with Crippen molar-refractivity contribution in [3.63, 3.8) is 0 Å². The van der Waals surface area contributed by atoms with Gasteiger partial charge in [0.1, 0.15) is 0 Å². The first-order chi connectivity index (χ1) is 2.27. The first kappa shape index (κ1) is 9.57. The maximum absolute atomic E-state index is 3.62. The van der Waals surface area contributed by atoms with Gasteiger partial charge in [-0.1, -0.05) is 6.92 Å². The first-order valence-corrected chi connectivity index (χ1v) is 1.72. The Morgan fingerprint density at radius 2 is 1.83 bits per heavy atom. The molecule has 0 bridgehead atoms. The van der Waals surface area contributed by atoms with Gasteiger partial charge < -0.3 is 0 Å². The van der Waals surface area contributed by atoms with Gasteiger partial charge >= 0.3 is 21.1 Å². The summed E-state index contributed by atoms with van der Waals surface area (Å²) in [4.78, 5) is 0. The predicted octanol–water partition coefficient (Wildman–Crippen LogP) is 1.78. The topological polar surface area (TPSA) is 0 Å². The number of allylic oxidation sites excluding steroid dienone is 2. The van der Waals surface area contributed by atoms with Crippen LogP contribution in [0.1, 0.15) is 13.8 Å². The molecule has 0 amide bonds. The van der Waals surface area contributed by atoms with E-state index in [0.29, 0.717) is 0 Å². The summed E-state index contributed by atoms with van der Waals surface area (Å²) in [5.41, 5.74) is 1.13. The Morgan fingerprint density at radius 1 is 1.67 bits per heavy atom. The minimum Gasteiger partial charge on any atom is -0.242 e. The second kappa shape index (κ2) is 5.30. The van der Waals surface area contributed by atoms with E-state index in [0.717, 1.165) is 5.57 Å². The number of hydrogen-bond donors (Lipinski definition) is 0. The molecule has 0 nitrogen and oxygen atoms in total. The molecule has 0 rings (SSSR count). The molecule has 0 aliphatic rings. The third-order valence-electron chi connectivity index (χ3n) is 0.493. The molecule has 0 radical (unpaired) electrons. The van der Waals surface area contributed by atoms with Gasteiger partial charge in [0.05, 0.1) is 0 Å². The summed E-state index contributed by atoms with van der Waals surface area (Å²) in [7, 11) is 0. The van der Waals surface area contributed by atoms with E-state index in [4.69, 9.17) is 0 Å². The zero-order valence-corrected chi connectivity index (χ0v) is 7.13. The van der Waals surface area contributed by atoms with E-state index in [-0.39, 0.29) is 21.1 Å². The van der Waals surface area contributed by atoms with Crippen LogP contribution in [-0.2, 0) is 21.1 Å². The van der Waals surface area contributed by atoms with E-state index in [1.807, 2.05) is 19.9 Å². The van der Waals surface area contributed by atoms with E-state index >= 15 is 0 Å². The van der Waals surface area contributed by atoms with Crippen LogP contribution in [0.25, 0.3) is 0 Å². The van der Waals surface area contributed by atoms with Crippen molar-refractivity contribution in [3.05, 3.63) is 18.6 Å². The Kier molecular flexibility index (Phi) is 8.45. The van der Waals surface area contributed by atoms with Crippen LogP contribution in [0.2, 0.25) is 0 Å². The zero-order valence-electron chi connectivity index (χ0n) is 4.19. The maximum Gasteiger partial charge on any atom is 2.00 e. The second-order valence-corrected chi connectivity index (χ2v) is 1.14. The monoisotopic (exact) mass is 253 g/mol. The third-order valence-corrected chi connectivity index (χ3v) is 0.493. The first-order valence-electron chi connectivity index (χ1n) is 1.72. The van der Waals surface area contributed by atoms with Crippen molar-refractivity contribution < 1.29 is 21.1 Å². The average Bonchev–Trinajstić information content (AvgIpc) is 1.38. The van der Waals surface area contributed by atoms with Crippen LogP contribution in [-0.4, -0.2) is 0 Å². The van der Waals surface area contributed by atoms with Crippen LogP contribution < -0.4 is 0 Å². The van der Waals surface area contributed by atoms with Gasteiger partial charge in [0.15, 0.2) is 0 Å². The molecular weight excluding hydrogens is 244 g/mol. The molecule has 1 heteroatoms. The van der Waals surface area contributed by atoms with Crippen LogP contribution in [0.15, 0.2) is 11.6 Å². The van der Waals surface area contributed by atoms with Gasteiger partial charge in [-0.3, -0.25) is 0 Å². The van der Waals surface area contributed by atoms with Gasteiger partial charge in [-0.15, -0.1) is 6.92 Å². The van der Waals surface area contributed by atoms with Crippen molar-refractivity contribution in [2.24, 2.45) is 0 Å². The molecule has 0 aromatic heterocycles.